The van der Waals surface area contributed by atoms with Gasteiger partial charge >= 0.3 is 0 Å². The number of hydrogen-bond donors (Lipinski definition) is 1. The smallest absolute Gasteiger partial charge is 0.120 e. The first-order valence-electron chi connectivity index (χ1n) is 6.23. The Hall–Kier alpha value is -0.800. The maximum absolute atomic E-state index is 5.53. The topological polar surface area (TPSA) is 28.4 Å². The summed E-state index contributed by atoms with van der Waals surface area (Å²) in [4.78, 5) is 2.55. The lowest BCUT2D eigenvalue weighted by molar-refractivity contribution is 0.129. The molecule has 0 aromatic carbocycles. The third-order valence-electron chi connectivity index (χ3n) is 3.50. The van der Waals surface area contributed by atoms with E-state index in [4.69, 9.17) is 4.42 Å². The lowest BCUT2D eigenvalue weighted by Crippen LogP contribution is -2.44. The SMILES string of the molecule is CNCC1CCCCN1Cc1occc1C. The first kappa shape index (κ1) is 11.7. The molecular formula is C13H22N2O. The Morgan fingerprint density at radius 2 is 2.38 bits per heavy atom. The Labute approximate surface area is 97.8 Å². The van der Waals surface area contributed by atoms with E-state index in [-0.39, 0.29) is 0 Å². The summed E-state index contributed by atoms with van der Waals surface area (Å²) in [6.07, 6.45) is 5.78. The van der Waals surface area contributed by atoms with Crippen molar-refractivity contribution in [2.75, 3.05) is 20.1 Å². The Kier molecular flexibility index (Phi) is 4.02. The molecule has 0 aliphatic carbocycles. The predicted molar refractivity (Wildman–Crippen MR) is 65.4 cm³/mol. The number of rotatable bonds is 4. The minimum absolute atomic E-state index is 0.670. The first-order valence-corrected chi connectivity index (χ1v) is 6.23. The van der Waals surface area contributed by atoms with Crippen LogP contribution in [-0.4, -0.2) is 31.1 Å². The van der Waals surface area contributed by atoms with Gasteiger partial charge < -0.3 is 9.73 Å². The highest BCUT2D eigenvalue weighted by atomic mass is 16.3. The molecule has 1 aliphatic heterocycles. The van der Waals surface area contributed by atoms with Crippen LogP contribution < -0.4 is 5.32 Å². The van der Waals surface area contributed by atoms with Gasteiger partial charge in [-0.05, 0) is 45.0 Å². The number of nitrogens with one attached hydrogen (secondary N) is 1. The number of furan rings is 1. The van der Waals surface area contributed by atoms with Crippen molar-refractivity contribution in [2.45, 2.75) is 38.8 Å². The fourth-order valence-corrected chi connectivity index (χ4v) is 2.49. The lowest BCUT2D eigenvalue weighted by Gasteiger charge is -2.35. The second-order valence-electron chi connectivity index (χ2n) is 4.70. The third-order valence-corrected chi connectivity index (χ3v) is 3.50. The van der Waals surface area contributed by atoms with E-state index >= 15 is 0 Å². The summed E-state index contributed by atoms with van der Waals surface area (Å²) in [5.74, 6) is 1.13. The molecule has 0 amide bonds. The average Bonchev–Trinajstić information content (AvgIpc) is 2.68. The molecule has 1 aromatic heterocycles. The molecule has 0 spiro atoms. The van der Waals surface area contributed by atoms with Gasteiger partial charge in [0.25, 0.3) is 0 Å². The highest BCUT2D eigenvalue weighted by Gasteiger charge is 2.22. The Morgan fingerprint density at radius 1 is 1.50 bits per heavy atom. The lowest BCUT2D eigenvalue weighted by atomic mass is 10.0. The Balaban J connectivity index is 1.98. The van der Waals surface area contributed by atoms with Gasteiger partial charge in [0.2, 0.25) is 0 Å². The van der Waals surface area contributed by atoms with Crippen molar-refractivity contribution in [3.63, 3.8) is 0 Å². The van der Waals surface area contributed by atoms with Gasteiger partial charge in [0.1, 0.15) is 5.76 Å². The van der Waals surface area contributed by atoms with Gasteiger partial charge in [-0.3, -0.25) is 4.90 Å². The van der Waals surface area contributed by atoms with Gasteiger partial charge in [0.15, 0.2) is 0 Å². The summed E-state index contributed by atoms with van der Waals surface area (Å²) in [7, 11) is 2.03. The van der Waals surface area contributed by atoms with Gasteiger partial charge in [-0.15, -0.1) is 0 Å². The molecule has 1 saturated heterocycles. The molecule has 1 unspecified atom stereocenters. The van der Waals surface area contributed by atoms with Crippen LogP contribution >= 0.6 is 0 Å². The predicted octanol–water partition coefficient (Wildman–Crippen LogP) is 2.16. The van der Waals surface area contributed by atoms with E-state index in [2.05, 4.69) is 17.1 Å². The highest BCUT2D eigenvalue weighted by Crippen LogP contribution is 2.20. The minimum Gasteiger partial charge on any atom is -0.468 e. The van der Waals surface area contributed by atoms with E-state index in [1.165, 1.54) is 31.4 Å². The molecule has 16 heavy (non-hydrogen) atoms. The molecule has 1 N–H and O–H groups in total. The van der Waals surface area contributed by atoms with E-state index in [1.807, 2.05) is 13.1 Å². The number of aryl methyl sites for hydroxylation is 1. The summed E-state index contributed by atoms with van der Waals surface area (Å²) < 4.78 is 5.53. The molecule has 0 bridgehead atoms. The number of hydrogen-bond acceptors (Lipinski definition) is 3. The Bertz CT molecular complexity index is 319. The van der Waals surface area contributed by atoms with Crippen LogP contribution in [0.2, 0.25) is 0 Å². The second kappa shape index (κ2) is 5.51. The number of nitrogens with zero attached hydrogens (tertiary/aromatic N) is 1. The van der Waals surface area contributed by atoms with E-state index < -0.39 is 0 Å². The zero-order valence-electron chi connectivity index (χ0n) is 10.3. The van der Waals surface area contributed by atoms with Crippen molar-refractivity contribution >= 4 is 0 Å². The van der Waals surface area contributed by atoms with Crippen LogP contribution in [0.1, 0.15) is 30.6 Å². The molecule has 0 radical (unpaired) electrons. The normalized spacial score (nSPS) is 22.5. The monoisotopic (exact) mass is 222 g/mol. The largest absolute Gasteiger partial charge is 0.468 e. The molecule has 1 aromatic rings. The van der Waals surface area contributed by atoms with Crippen LogP contribution in [-0.2, 0) is 6.54 Å². The molecule has 2 heterocycles. The number of likely N-dealkylation sites (tertiary alicyclic amines) is 1. The number of likely N-dealkylation sites (N-methyl/N-ethyl adjacent to an activating group) is 1. The van der Waals surface area contributed by atoms with Crippen molar-refractivity contribution in [3.8, 4) is 0 Å². The van der Waals surface area contributed by atoms with Gasteiger partial charge in [0, 0.05) is 12.6 Å². The van der Waals surface area contributed by atoms with Crippen LogP contribution in [0.15, 0.2) is 16.7 Å². The summed E-state index contributed by atoms with van der Waals surface area (Å²) >= 11 is 0. The van der Waals surface area contributed by atoms with Gasteiger partial charge in [0.05, 0.1) is 12.8 Å². The zero-order chi connectivity index (χ0) is 11.4. The van der Waals surface area contributed by atoms with Crippen LogP contribution in [0, 0.1) is 6.92 Å². The molecule has 90 valence electrons. The summed E-state index contributed by atoms with van der Waals surface area (Å²) in [5, 5.41) is 3.29. The van der Waals surface area contributed by atoms with Crippen LogP contribution in [0.4, 0.5) is 0 Å². The Morgan fingerprint density at radius 3 is 3.06 bits per heavy atom. The van der Waals surface area contributed by atoms with Crippen LogP contribution in [0.5, 0.6) is 0 Å². The van der Waals surface area contributed by atoms with Crippen LogP contribution in [0.3, 0.4) is 0 Å². The van der Waals surface area contributed by atoms with Gasteiger partial charge in [-0.2, -0.15) is 0 Å². The van der Waals surface area contributed by atoms with E-state index in [1.54, 1.807) is 6.26 Å². The summed E-state index contributed by atoms with van der Waals surface area (Å²) in [6, 6.07) is 2.72. The van der Waals surface area contributed by atoms with Crippen molar-refractivity contribution in [1.29, 1.82) is 0 Å². The van der Waals surface area contributed by atoms with Crippen molar-refractivity contribution < 1.29 is 4.42 Å². The summed E-state index contributed by atoms with van der Waals surface area (Å²) in [5.41, 5.74) is 1.27. The fraction of sp³-hybridized carbons (Fsp3) is 0.692. The molecule has 3 heteroatoms. The van der Waals surface area contributed by atoms with Crippen molar-refractivity contribution in [2.24, 2.45) is 0 Å². The highest BCUT2D eigenvalue weighted by molar-refractivity contribution is 5.14. The maximum atomic E-state index is 5.53. The van der Waals surface area contributed by atoms with E-state index in [0.717, 1.165) is 18.8 Å². The van der Waals surface area contributed by atoms with Crippen molar-refractivity contribution in [3.05, 3.63) is 23.7 Å². The molecule has 1 atom stereocenters. The van der Waals surface area contributed by atoms with E-state index in [0.29, 0.717) is 6.04 Å². The molecule has 1 aliphatic rings. The quantitative estimate of drug-likeness (QED) is 0.846. The van der Waals surface area contributed by atoms with Crippen LogP contribution in [0.25, 0.3) is 0 Å². The molecule has 3 nitrogen and oxygen atoms in total. The molecule has 1 fully saturated rings. The van der Waals surface area contributed by atoms with Crippen molar-refractivity contribution in [1.82, 2.24) is 10.2 Å². The maximum Gasteiger partial charge on any atom is 0.120 e. The van der Waals surface area contributed by atoms with Gasteiger partial charge in [-0.25, -0.2) is 0 Å². The molecule has 0 saturated carbocycles. The first-order chi connectivity index (χ1) is 7.81. The standard InChI is InChI=1S/C13H22N2O/c1-11-6-8-16-13(11)10-15-7-4-3-5-12(15)9-14-2/h6,8,12,14H,3-5,7,9-10H2,1-2H3. The molecular weight excluding hydrogens is 200 g/mol. The average molecular weight is 222 g/mol. The second-order valence-corrected chi connectivity index (χ2v) is 4.70. The molecule has 2 rings (SSSR count). The zero-order valence-corrected chi connectivity index (χ0v) is 10.3. The third kappa shape index (κ3) is 2.66. The summed E-state index contributed by atoms with van der Waals surface area (Å²) in [6.45, 7) is 5.37. The number of piperidine rings is 1. The van der Waals surface area contributed by atoms with Gasteiger partial charge in [-0.1, -0.05) is 6.42 Å². The minimum atomic E-state index is 0.670. The van der Waals surface area contributed by atoms with E-state index in [9.17, 15) is 0 Å². The fourth-order valence-electron chi connectivity index (χ4n) is 2.49.